The average molecular weight is 456 g/mol. The maximum absolute atomic E-state index is 13.4. The Morgan fingerprint density at radius 1 is 1.16 bits per heavy atom. The van der Waals surface area contributed by atoms with Crippen LogP contribution in [-0.2, 0) is 6.54 Å². The van der Waals surface area contributed by atoms with Crippen LogP contribution in [0.1, 0.15) is 35.2 Å². The molecular formula is C18H10ClF4N5O3. The molecule has 0 atom stereocenters. The van der Waals surface area contributed by atoms with Gasteiger partial charge in [0, 0.05) is 11.1 Å². The second kappa shape index (κ2) is 8.97. The number of nitriles is 1. The molecule has 1 aromatic carbocycles. The Bertz CT molecular complexity index is 1290. The van der Waals surface area contributed by atoms with E-state index in [4.69, 9.17) is 21.6 Å². The van der Waals surface area contributed by atoms with Gasteiger partial charge in [-0.25, -0.2) is 27.6 Å². The second-order valence-electron chi connectivity index (χ2n) is 6.04. The minimum atomic E-state index is -3.23. The Labute approximate surface area is 175 Å². The average Bonchev–Trinajstić information content (AvgIpc) is 2.73. The zero-order chi connectivity index (χ0) is 22.7. The molecule has 0 radical (unpaired) electrons. The van der Waals surface area contributed by atoms with Crippen molar-refractivity contribution in [2.24, 2.45) is 0 Å². The first-order valence-electron chi connectivity index (χ1n) is 8.32. The molecule has 0 amide bonds. The lowest BCUT2D eigenvalue weighted by Gasteiger charge is -2.13. The molecule has 0 aliphatic rings. The van der Waals surface area contributed by atoms with Crippen LogP contribution >= 0.6 is 11.6 Å². The van der Waals surface area contributed by atoms with Crippen molar-refractivity contribution in [2.45, 2.75) is 19.4 Å². The van der Waals surface area contributed by atoms with E-state index in [1.165, 1.54) is 6.07 Å². The lowest BCUT2D eigenvalue weighted by atomic mass is 10.1. The van der Waals surface area contributed by atoms with Crippen LogP contribution < -0.4 is 15.9 Å². The van der Waals surface area contributed by atoms with Gasteiger partial charge in [-0.2, -0.15) is 10.4 Å². The SMILES string of the molecule is N#Cc1cc(Oc2c(C(F)F)ncn(Cc3cc(Cl)n[nH]c3=O)c2=O)cc(C(F)F)c1. The number of nitrogens with one attached hydrogen (secondary N) is 1. The predicted octanol–water partition coefficient (Wildman–Crippen LogP) is 3.57. The molecule has 2 aromatic heterocycles. The van der Waals surface area contributed by atoms with Crippen LogP contribution in [0.15, 0.2) is 40.2 Å². The van der Waals surface area contributed by atoms with Crippen molar-refractivity contribution >= 4 is 11.6 Å². The first kappa shape index (κ1) is 22.0. The molecule has 160 valence electrons. The van der Waals surface area contributed by atoms with Crippen LogP contribution in [0, 0.1) is 11.3 Å². The molecule has 0 unspecified atom stereocenters. The highest BCUT2D eigenvalue weighted by Crippen LogP contribution is 2.31. The fourth-order valence-electron chi connectivity index (χ4n) is 2.55. The number of hydrogen-bond acceptors (Lipinski definition) is 6. The summed E-state index contributed by atoms with van der Waals surface area (Å²) in [7, 11) is 0. The predicted molar refractivity (Wildman–Crippen MR) is 98.6 cm³/mol. The van der Waals surface area contributed by atoms with Gasteiger partial charge in [-0.1, -0.05) is 11.6 Å². The van der Waals surface area contributed by atoms with Gasteiger partial charge in [0.15, 0.2) is 5.69 Å². The number of hydrogen-bond donors (Lipinski definition) is 1. The van der Waals surface area contributed by atoms with E-state index in [1.807, 2.05) is 0 Å². The summed E-state index contributed by atoms with van der Waals surface area (Å²) in [5, 5.41) is 14.5. The van der Waals surface area contributed by atoms with Crippen molar-refractivity contribution in [3.8, 4) is 17.6 Å². The minimum absolute atomic E-state index is 0.0221. The molecule has 0 aliphatic carbocycles. The standard InChI is InChI=1S/C18H10ClF4N5O3/c19-12-4-10(17(29)27-26-12)6-28-7-25-13(16(22)23)14(18(28)30)31-11-2-8(5-24)1-9(3-11)15(20)21/h1-4,7,15-16H,6H2,(H,27,29). The third-order valence-corrected chi connectivity index (χ3v) is 4.14. The molecular weight excluding hydrogens is 446 g/mol. The number of aromatic nitrogens is 4. The van der Waals surface area contributed by atoms with Crippen molar-refractivity contribution in [3.05, 3.63) is 78.8 Å². The van der Waals surface area contributed by atoms with Gasteiger partial charge >= 0.3 is 0 Å². The summed E-state index contributed by atoms with van der Waals surface area (Å²) in [6, 6.07) is 5.52. The summed E-state index contributed by atoms with van der Waals surface area (Å²) in [6.45, 7) is -0.413. The van der Waals surface area contributed by atoms with Crippen LogP contribution in [0.4, 0.5) is 17.6 Å². The van der Waals surface area contributed by atoms with Crippen molar-refractivity contribution in [3.63, 3.8) is 0 Å². The van der Waals surface area contributed by atoms with E-state index < -0.39 is 53.3 Å². The quantitative estimate of drug-likeness (QED) is 0.568. The van der Waals surface area contributed by atoms with Gasteiger partial charge in [-0.3, -0.25) is 14.2 Å². The molecule has 0 fully saturated rings. The molecule has 0 saturated carbocycles. The molecule has 0 aliphatic heterocycles. The Kier molecular flexibility index (Phi) is 6.36. The van der Waals surface area contributed by atoms with E-state index in [0.717, 1.165) is 29.1 Å². The van der Waals surface area contributed by atoms with Gasteiger partial charge in [0.25, 0.3) is 24.0 Å². The van der Waals surface area contributed by atoms with Gasteiger partial charge in [0.2, 0.25) is 5.75 Å². The van der Waals surface area contributed by atoms with E-state index in [1.54, 1.807) is 6.07 Å². The molecule has 3 rings (SSSR count). The van der Waals surface area contributed by atoms with E-state index in [0.29, 0.717) is 0 Å². The number of nitrogens with zero attached hydrogens (tertiary/aromatic N) is 4. The number of H-pyrrole nitrogens is 1. The topological polar surface area (TPSA) is 114 Å². The molecule has 8 nitrogen and oxygen atoms in total. The van der Waals surface area contributed by atoms with Crippen LogP contribution in [-0.4, -0.2) is 19.7 Å². The third kappa shape index (κ3) is 4.89. The molecule has 0 saturated heterocycles. The first-order chi connectivity index (χ1) is 14.7. The maximum Gasteiger partial charge on any atom is 0.297 e. The summed E-state index contributed by atoms with van der Waals surface area (Å²) >= 11 is 5.70. The fourth-order valence-corrected chi connectivity index (χ4v) is 2.73. The normalized spacial score (nSPS) is 11.0. The smallest absolute Gasteiger partial charge is 0.297 e. The van der Waals surface area contributed by atoms with Crippen molar-refractivity contribution < 1.29 is 22.3 Å². The van der Waals surface area contributed by atoms with Crippen LogP contribution in [0.3, 0.4) is 0 Å². The molecule has 2 heterocycles. The first-order valence-corrected chi connectivity index (χ1v) is 8.70. The summed E-state index contributed by atoms with van der Waals surface area (Å²) < 4.78 is 58.9. The highest BCUT2D eigenvalue weighted by molar-refractivity contribution is 6.29. The highest BCUT2D eigenvalue weighted by Gasteiger charge is 2.23. The van der Waals surface area contributed by atoms with E-state index >= 15 is 0 Å². The van der Waals surface area contributed by atoms with Crippen molar-refractivity contribution in [1.29, 1.82) is 5.26 Å². The van der Waals surface area contributed by atoms with Crippen molar-refractivity contribution in [1.82, 2.24) is 19.7 Å². The fraction of sp³-hybridized carbons (Fsp3) is 0.167. The molecule has 13 heteroatoms. The number of halogens is 5. The minimum Gasteiger partial charge on any atom is -0.449 e. The summed E-state index contributed by atoms with van der Waals surface area (Å²) in [4.78, 5) is 28.1. The summed E-state index contributed by atoms with van der Waals surface area (Å²) in [6.07, 6.45) is -5.43. The number of rotatable bonds is 6. The molecule has 1 N–H and O–H groups in total. The monoisotopic (exact) mass is 455 g/mol. The Morgan fingerprint density at radius 2 is 1.90 bits per heavy atom. The Morgan fingerprint density at radius 3 is 2.55 bits per heavy atom. The Balaban J connectivity index is 2.09. The van der Waals surface area contributed by atoms with Gasteiger partial charge in [-0.05, 0) is 24.3 Å². The van der Waals surface area contributed by atoms with Crippen molar-refractivity contribution in [2.75, 3.05) is 0 Å². The van der Waals surface area contributed by atoms with E-state index in [9.17, 15) is 27.2 Å². The maximum atomic E-state index is 13.4. The number of ether oxygens (including phenoxy) is 1. The largest absolute Gasteiger partial charge is 0.449 e. The molecule has 0 bridgehead atoms. The van der Waals surface area contributed by atoms with Gasteiger partial charge in [0.05, 0.1) is 24.5 Å². The Hall–Kier alpha value is -3.72. The summed E-state index contributed by atoms with van der Waals surface area (Å²) in [5.74, 6) is -1.37. The zero-order valence-electron chi connectivity index (χ0n) is 15.2. The molecule has 31 heavy (non-hydrogen) atoms. The van der Waals surface area contributed by atoms with Crippen LogP contribution in [0.25, 0.3) is 0 Å². The number of benzene rings is 1. The third-order valence-electron chi connectivity index (χ3n) is 3.95. The number of aromatic amines is 1. The lowest BCUT2D eigenvalue weighted by molar-refractivity contribution is 0.141. The van der Waals surface area contributed by atoms with Crippen LogP contribution in [0.5, 0.6) is 11.5 Å². The van der Waals surface area contributed by atoms with E-state index in [2.05, 4.69) is 15.2 Å². The lowest BCUT2D eigenvalue weighted by Crippen LogP contribution is -2.27. The van der Waals surface area contributed by atoms with E-state index in [-0.39, 0.29) is 16.3 Å². The second-order valence-corrected chi connectivity index (χ2v) is 6.43. The van der Waals surface area contributed by atoms with Gasteiger partial charge < -0.3 is 4.74 Å². The molecule has 0 spiro atoms. The zero-order valence-corrected chi connectivity index (χ0v) is 15.9. The van der Waals surface area contributed by atoms with Crippen LogP contribution in [0.2, 0.25) is 5.15 Å². The van der Waals surface area contributed by atoms with Gasteiger partial charge in [-0.15, -0.1) is 0 Å². The highest BCUT2D eigenvalue weighted by atomic mass is 35.5. The molecule has 3 aromatic rings. The number of alkyl halides is 4. The van der Waals surface area contributed by atoms with Gasteiger partial charge in [0.1, 0.15) is 10.9 Å². The summed E-state index contributed by atoms with van der Waals surface area (Å²) in [5.41, 5.74) is -3.68.